The second-order valence-electron chi connectivity index (χ2n) is 10.6. The van der Waals surface area contributed by atoms with Crippen LogP contribution in [0.2, 0.25) is 0 Å². The monoisotopic (exact) mass is 566 g/mol. The minimum absolute atomic E-state index is 0.0503. The predicted octanol–water partition coefficient (Wildman–Crippen LogP) is 3.46. The normalized spacial score (nSPS) is 25.6. The number of rotatable bonds is 11. The van der Waals surface area contributed by atoms with E-state index in [1.54, 1.807) is 6.07 Å². The summed E-state index contributed by atoms with van der Waals surface area (Å²) in [6.45, 7) is 4.96. The van der Waals surface area contributed by atoms with Gasteiger partial charge in [-0.1, -0.05) is 42.0 Å². The Bertz CT molecular complexity index is 1130. The number of halogens is 3. The third-order valence-corrected chi connectivity index (χ3v) is 7.36. The van der Waals surface area contributed by atoms with Crippen molar-refractivity contribution < 1.29 is 42.4 Å². The molecule has 1 saturated heterocycles. The number of aliphatic hydroxyl groups is 2. The Hall–Kier alpha value is -2.70. The highest BCUT2D eigenvalue weighted by Crippen LogP contribution is 2.36. The number of nitrogens with zero attached hydrogens (tertiary/aromatic N) is 1. The van der Waals surface area contributed by atoms with Gasteiger partial charge in [-0.05, 0) is 56.1 Å². The van der Waals surface area contributed by atoms with Gasteiger partial charge in [0.2, 0.25) is 0 Å². The number of aryl methyl sites for hydroxylation is 1. The van der Waals surface area contributed by atoms with Crippen LogP contribution in [0.3, 0.4) is 0 Å². The maximum atomic E-state index is 13.6. The molecule has 4 atom stereocenters. The van der Waals surface area contributed by atoms with Crippen LogP contribution in [0.25, 0.3) is 0 Å². The Labute approximate surface area is 232 Å². The second-order valence-corrected chi connectivity index (χ2v) is 10.6. The average molecular weight is 567 g/mol. The molecule has 220 valence electrons. The molecule has 2 aliphatic rings. The van der Waals surface area contributed by atoms with Crippen LogP contribution >= 0.6 is 0 Å². The largest absolute Gasteiger partial charge is 0.573 e. The van der Waals surface area contributed by atoms with Crippen LogP contribution in [-0.4, -0.2) is 77.5 Å². The van der Waals surface area contributed by atoms with Gasteiger partial charge >= 0.3 is 6.36 Å². The van der Waals surface area contributed by atoms with Gasteiger partial charge in [0.25, 0.3) is 5.91 Å². The number of ether oxygens (including phenoxy) is 3. The van der Waals surface area contributed by atoms with Gasteiger partial charge in [-0.25, -0.2) is 0 Å². The van der Waals surface area contributed by atoms with E-state index < -0.39 is 41.9 Å². The fraction of sp³-hybridized carbons (Fsp3) is 0.552. The van der Waals surface area contributed by atoms with Crippen LogP contribution in [0.15, 0.2) is 48.5 Å². The zero-order valence-corrected chi connectivity index (χ0v) is 22.5. The minimum atomic E-state index is -4.83. The van der Waals surface area contributed by atoms with Crippen molar-refractivity contribution in [2.45, 2.75) is 76.1 Å². The summed E-state index contributed by atoms with van der Waals surface area (Å²) in [4.78, 5) is 15.9. The molecular weight excluding hydrogens is 529 g/mol. The van der Waals surface area contributed by atoms with Crippen LogP contribution < -0.4 is 10.1 Å². The molecule has 1 amide bonds. The molecule has 2 aromatic rings. The molecule has 0 bridgehead atoms. The highest BCUT2D eigenvalue weighted by molar-refractivity contribution is 5.85. The van der Waals surface area contributed by atoms with Crippen molar-refractivity contribution in [1.29, 1.82) is 0 Å². The van der Waals surface area contributed by atoms with E-state index >= 15 is 0 Å². The first kappa shape index (κ1) is 30.3. The van der Waals surface area contributed by atoms with Crippen LogP contribution in [0, 0.1) is 6.92 Å². The summed E-state index contributed by atoms with van der Waals surface area (Å²) in [5, 5.41) is 24.5. The lowest BCUT2D eigenvalue weighted by Crippen LogP contribution is -2.61. The third kappa shape index (κ3) is 8.40. The van der Waals surface area contributed by atoms with Gasteiger partial charge in [0.15, 0.2) is 5.60 Å². The van der Waals surface area contributed by atoms with E-state index in [4.69, 9.17) is 9.47 Å². The van der Waals surface area contributed by atoms with E-state index in [1.807, 2.05) is 31.2 Å². The van der Waals surface area contributed by atoms with Crippen molar-refractivity contribution in [3.63, 3.8) is 0 Å². The molecule has 8 nitrogen and oxygen atoms in total. The predicted molar refractivity (Wildman–Crippen MR) is 140 cm³/mol. The van der Waals surface area contributed by atoms with E-state index in [2.05, 4.69) is 15.0 Å². The summed E-state index contributed by atoms with van der Waals surface area (Å²) in [7, 11) is 0. The topological polar surface area (TPSA) is 100 Å². The molecule has 0 aromatic heterocycles. The molecule has 1 heterocycles. The van der Waals surface area contributed by atoms with E-state index in [1.165, 1.54) is 18.2 Å². The first-order valence-electron chi connectivity index (χ1n) is 13.6. The van der Waals surface area contributed by atoms with Gasteiger partial charge in [-0.2, -0.15) is 0 Å². The van der Waals surface area contributed by atoms with Crippen molar-refractivity contribution in [3.05, 3.63) is 65.2 Å². The molecule has 0 spiro atoms. The molecule has 4 rings (SSSR count). The van der Waals surface area contributed by atoms with Gasteiger partial charge in [0.1, 0.15) is 11.9 Å². The second kappa shape index (κ2) is 13.3. The number of aliphatic hydroxyl groups excluding tert-OH is 2. The molecular formula is C29H37F3N2O6. The highest BCUT2D eigenvalue weighted by atomic mass is 19.4. The smallest absolute Gasteiger partial charge is 0.406 e. The van der Waals surface area contributed by atoms with Crippen LogP contribution in [0.5, 0.6) is 5.75 Å². The number of alkyl halides is 3. The first-order chi connectivity index (χ1) is 19.0. The zero-order valence-electron chi connectivity index (χ0n) is 22.5. The molecule has 3 N–H and O–H groups in total. The van der Waals surface area contributed by atoms with Crippen molar-refractivity contribution in [1.82, 2.24) is 10.2 Å². The third-order valence-electron chi connectivity index (χ3n) is 7.36. The Kier molecular flexibility index (Phi) is 10.1. The Morgan fingerprint density at radius 2 is 1.75 bits per heavy atom. The molecule has 1 aliphatic heterocycles. The first-order valence-corrected chi connectivity index (χ1v) is 13.6. The lowest BCUT2D eigenvalue weighted by atomic mass is 9.78. The molecule has 40 heavy (non-hydrogen) atoms. The number of hydrogen-bond acceptors (Lipinski definition) is 7. The Morgan fingerprint density at radius 3 is 2.45 bits per heavy atom. The maximum Gasteiger partial charge on any atom is 0.573 e. The van der Waals surface area contributed by atoms with E-state index in [0.717, 1.165) is 37.1 Å². The van der Waals surface area contributed by atoms with E-state index in [0.29, 0.717) is 18.7 Å². The minimum Gasteiger partial charge on any atom is -0.406 e. The standard InChI is InChI=1S/C29H37F3N2O6/c1-20-6-4-7-21(14-20)19-39-28(27(37)33-10-13-34-11-2-3-12-34)16-24(35)26(36)25(17-28)38-18-22-8-5-9-23(15-22)40-29(30,31)32/h4-9,14-15,24-26,35-36H,2-3,10-13,16-19H2,1H3,(H,33,37)/t24-,25?,26-,28+/m1/s1. The van der Waals surface area contributed by atoms with Gasteiger partial charge in [-0.15, -0.1) is 13.2 Å². The Balaban J connectivity index is 1.48. The van der Waals surface area contributed by atoms with Crippen molar-refractivity contribution in [2.75, 3.05) is 26.2 Å². The fourth-order valence-corrected chi connectivity index (χ4v) is 5.32. The number of carbonyl (C=O) groups excluding carboxylic acids is 1. The summed E-state index contributed by atoms with van der Waals surface area (Å²) in [6.07, 6.45) is -6.41. The summed E-state index contributed by atoms with van der Waals surface area (Å²) in [6, 6.07) is 13.0. The number of likely N-dealkylation sites (tertiary alicyclic amines) is 1. The summed E-state index contributed by atoms with van der Waals surface area (Å²) in [5.74, 6) is -0.800. The molecule has 11 heteroatoms. The number of nitrogens with one attached hydrogen (secondary N) is 1. The number of carbonyl (C=O) groups is 1. The summed E-state index contributed by atoms with van der Waals surface area (Å²) >= 11 is 0. The van der Waals surface area contributed by atoms with Crippen LogP contribution in [-0.2, 0) is 27.5 Å². The summed E-state index contributed by atoms with van der Waals surface area (Å²) in [5.41, 5.74) is 0.765. The van der Waals surface area contributed by atoms with Crippen LogP contribution in [0.1, 0.15) is 42.4 Å². The molecule has 1 aliphatic carbocycles. The fourth-order valence-electron chi connectivity index (χ4n) is 5.32. The number of benzene rings is 2. The SMILES string of the molecule is Cc1cccc(CO[C@]2(C(=O)NCCN3CCCC3)CC(OCc3cccc(OC(F)(F)F)c3)[C@H](O)[C@H](O)C2)c1. The van der Waals surface area contributed by atoms with Gasteiger partial charge in [-0.3, -0.25) is 4.79 Å². The molecule has 0 radical (unpaired) electrons. The van der Waals surface area contributed by atoms with E-state index in [9.17, 15) is 28.2 Å². The van der Waals surface area contributed by atoms with E-state index in [-0.39, 0.29) is 26.1 Å². The maximum absolute atomic E-state index is 13.6. The van der Waals surface area contributed by atoms with Gasteiger partial charge < -0.3 is 34.6 Å². The zero-order chi connectivity index (χ0) is 28.8. The molecule has 2 fully saturated rings. The summed E-state index contributed by atoms with van der Waals surface area (Å²) < 4.78 is 54.0. The quantitative estimate of drug-likeness (QED) is 0.383. The average Bonchev–Trinajstić information content (AvgIpc) is 3.41. The highest BCUT2D eigenvalue weighted by Gasteiger charge is 2.51. The molecule has 1 unspecified atom stereocenters. The van der Waals surface area contributed by atoms with Crippen molar-refractivity contribution >= 4 is 5.91 Å². The van der Waals surface area contributed by atoms with Crippen LogP contribution in [0.4, 0.5) is 13.2 Å². The Morgan fingerprint density at radius 1 is 1.05 bits per heavy atom. The lowest BCUT2D eigenvalue weighted by Gasteiger charge is -2.44. The van der Waals surface area contributed by atoms with Gasteiger partial charge in [0.05, 0.1) is 25.4 Å². The molecule has 2 aromatic carbocycles. The number of amides is 1. The van der Waals surface area contributed by atoms with Crippen molar-refractivity contribution in [2.24, 2.45) is 0 Å². The lowest BCUT2D eigenvalue weighted by molar-refractivity contribution is -0.274. The molecule has 1 saturated carbocycles. The van der Waals surface area contributed by atoms with Gasteiger partial charge in [0, 0.05) is 25.9 Å². The number of hydrogen-bond donors (Lipinski definition) is 3. The van der Waals surface area contributed by atoms with Crippen molar-refractivity contribution in [3.8, 4) is 5.75 Å².